The molecule has 0 bridgehead atoms. The van der Waals surface area contributed by atoms with E-state index in [9.17, 15) is 0 Å². The first-order chi connectivity index (χ1) is 5.61. The zero-order valence-electron chi connectivity index (χ0n) is 7.81. The van der Waals surface area contributed by atoms with Crippen molar-refractivity contribution in [2.75, 3.05) is 0 Å². The lowest BCUT2D eigenvalue weighted by Gasteiger charge is -2.04. The predicted molar refractivity (Wildman–Crippen MR) is 55.3 cm³/mol. The number of rotatable bonds is 1. The van der Waals surface area contributed by atoms with E-state index in [0.717, 1.165) is 5.20 Å². The molecule has 0 aliphatic carbocycles. The minimum atomic E-state index is 1.16. The van der Waals surface area contributed by atoms with Crippen LogP contribution in [0.25, 0.3) is 6.08 Å². The first-order valence-corrected chi connectivity index (χ1v) is 4.57. The molecule has 0 saturated heterocycles. The van der Waals surface area contributed by atoms with Gasteiger partial charge in [-0.25, -0.2) is 0 Å². The normalized spacial score (nSPS) is 11.8. The largest absolute Gasteiger partial charge is 0.0908 e. The van der Waals surface area contributed by atoms with E-state index in [2.05, 4.69) is 48.4 Å². The van der Waals surface area contributed by atoms with Gasteiger partial charge in [-0.1, -0.05) is 29.5 Å². The van der Waals surface area contributed by atoms with E-state index in [1.165, 1.54) is 16.7 Å². The Hall–Kier alpha value is -0.823. The topological polar surface area (TPSA) is 0 Å². The van der Waals surface area contributed by atoms with Crippen LogP contribution in [0.5, 0.6) is 0 Å². The number of hydrogen-bond donors (Lipinski definition) is 0. The third-order valence-corrected chi connectivity index (χ3v) is 2.16. The van der Waals surface area contributed by atoms with Gasteiger partial charge >= 0.3 is 0 Å². The molecule has 61 valence electrons. The molecule has 1 aromatic carbocycles. The van der Waals surface area contributed by atoms with Crippen LogP contribution in [-0.2, 0) is 0 Å². The van der Waals surface area contributed by atoms with E-state index < -0.39 is 0 Å². The molecule has 0 atom stereocenters. The van der Waals surface area contributed by atoms with E-state index in [1.807, 2.05) is 6.92 Å². The Labute approximate surface area is 77.7 Å². The van der Waals surface area contributed by atoms with Crippen molar-refractivity contribution in [3.05, 3.63) is 40.1 Å². The van der Waals surface area contributed by atoms with Crippen LogP contribution in [0.3, 0.4) is 0 Å². The quantitative estimate of drug-likeness (QED) is 0.573. The zero-order valence-corrected chi connectivity index (χ0v) is 8.81. The highest BCUT2D eigenvalue weighted by molar-refractivity contribution is 6.23. The first kappa shape index (κ1) is 9.27. The summed E-state index contributed by atoms with van der Waals surface area (Å²) in [5.41, 5.74) is 3.99. The summed E-state index contributed by atoms with van der Waals surface area (Å²) < 4.78 is 0. The minimum absolute atomic E-state index is 1.16. The Bertz CT molecular complexity index is 307. The second kappa shape index (κ2) is 3.72. The molecule has 0 heterocycles. The van der Waals surface area contributed by atoms with Crippen LogP contribution in [-0.4, -0.2) is 10.2 Å². The maximum Gasteiger partial charge on any atom is 0.0646 e. The lowest BCUT2D eigenvalue weighted by molar-refractivity contribution is 1.32. The molecule has 0 unspecified atom stereocenters. The van der Waals surface area contributed by atoms with E-state index in [1.54, 1.807) is 0 Å². The lowest BCUT2D eigenvalue weighted by atomic mass is 10.0. The number of aryl methyl sites for hydroxylation is 1. The summed E-state index contributed by atoms with van der Waals surface area (Å²) in [6.45, 7) is 6.32. The molecule has 1 aromatic rings. The molecule has 0 aromatic heterocycles. The Kier molecular flexibility index (Phi) is 2.87. The monoisotopic (exact) mass is 173 g/mol. The fourth-order valence-electron chi connectivity index (χ4n) is 1.16. The summed E-state index contributed by atoms with van der Waals surface area (Å²) in [4.78, 5) is 0. The van der Waals surface area contributed by atoms with Crippen LogP contribution in [0.15, 0.2) is 23.4 Å². The van der Waals surface area contributed by atoms with Crippen LogP contribution in [0, 0.1) is 13.8 Å². The SMILES string of the molecule is CC([Si])=Cc1cccc(C)c1C. The van der Waals surface area contributed by atoms with E-state index in [-0.39, 0.29) is 0 Å². The van der Waals surface area contributed by atoms with Crippen molar-refractivity contribution in [3.8, 4) is 0 Å². The molecule has 0 aliphatic rings. The summed E-state index contributed by atoms with van der Waals surface area (Å²) >= 11 is 0. The molecule has 12 heavy (non-hydrogen) atoms. The molecule has 1 heteroatoms. The van der Waals surface area contributed by atoms with Gasteiger partial charge in [0, 0.05) is 0 Å². The van der Waals surface area contributed by atoms with E-state index in [0.29, 0.717) is 0 Å². The van der Waals surface area contributed by atoms with Crippen LogP contribution in [0.4, 0.5) is 0 Å². The third-order valence-electron chi connectivity index (χ3n) is 2.02. The smallest absolute Gasteiger partial charge is 0.0646 e. The van der Waals surface area contributed by atoms with Gasteiger partial charge in [-0.15, -0.1) is 0 Å². The average Bonchev–Trinajstić information content (AvgIpc) is 1.98. The summed E-state index contributed by atoms with van der Waals surface area (Å²) in [6.07, 6.45) is 2.14. The van der Waals surface area contributed by atoms with Gasteiger partial charge in [0.25, 0.3) is 0 Å². The lowest BCUT2D eigenvalue weighted by Crippen LogP contribution is -1.85. The van der Waals surface area contributed by atoms with Crippen molar-refractivity contribution in [2.24, 2.45) is 0 Å². The van der Waals surface area contributed by atoms with Crippen LogP contribution < -0.4 is 0 Å². The number of allylic oxidation sites excluding steroid dienone is 1. The Morgan fingerprint density at radius 1 is 1.33 bits per heavy atom. The summed E-state index contributed by atoms with van der Waals surface area (Å²) in [5.74, 6) is 0. The van der Waals surface area contributed by atoms with Gasteiger partial charge in [-0.05, 0) is 37.5 Å². The fraction of sp³-hybridized carbons (Fsp3) is 0.273. The average molecular weight is 173 g/mol. The molecule has 0 N–H and O–H groups in total. The molecule has 1 rings (SSSR count). The highest BCUT2D eigenvalue weighted by Crippen LogP contribution is 2.14. The highest BCUT2D eigenvalue weighted by atomic mass is 28.1. The molecular weight excluding hydrogens is 160 g/mol. The van der Waals surface area contributed by atoms with Crippen molar-refractivity contribution in [1.29, 1.82) is 0 Å². The predicted octanol–water partition coefficient (Wildman–Crippen LogP) is 2.83. The molecule has 0 nitrogen and oxygen atoms in total. The minimum Gasteiger partial charge on any atom is -0.0908 e. The maximum atomic E-state index is 3.48. The molecule has 0 fully saturated rings. The van der Waals surface area contributed by atoms with Crippen molar-refractivity contribution < 1.29 is 0 Å². The molecule has 0 amide bonds. The summed E-state index contributed by atoms with van der Waals surface area (Å²) in [7, 11) is 3.48. The van der Waals surface area contributed by atoms with Gasteiger partial charge in [0.2, 0.25) is 0 Å². The Morgan fingerprint density at radius 2 is 2.00 bits per heavy atom. The Balaban J connectivity index is 3.17. The highest BCUT2D eigenvalue weighted by Gasteiger charge is 1.96. The third kappa shape index (κ3) is 2.08. The number of benzene rings is 1. The summed E-state index contributed by atoms with van der Waals surface area (Å²) in [5, 5.41) is 1.16. The van der Waals surface area contributed by atoms with Gasteiger partial charge in [0.1, 0.15) is 0 Å². The van der Waals surface area contributed by atoms with E-state index >= 15 is 0 Å². The summed E-state index contributed by atoms with van der Waals surface area (Å²) in [6, 6.07) is 6.35. The molecular formula is C11H13Si. The molecule has 0 aliphatic heterocycles. The standard InChI is InChI=1S/C11H13Si/c1-8-5-4-6-11(10(8)3)7-9(2)12/h4-7H,1-3H3. The second-order valence-corrected chi connectivity index (χ2v) is 3.91. The fourth-order valence-corrected chi connectivity index (χ4v) is 1.32. The van der Waals surface area contributed by atoms with E-state index in [4.69, 9.17) is 0 Å². The van der Waals surface area contributed by atoms with Crippen LogP contribution >= 0.6 is 0 Å². The Morgan fingerprint density at radius 3 is 2.58 bits per heavy atom. The van der Waals surface area contributed by atoms with Crippen molar-refractivity contribution in [1.82, 2.24) is 0 Å². The van der Waals surface area contributed by atoms with Gasteiger partial charge in [-0.2, -0.15) is 0 Å². The van der Waals surface area contributed by atoms with Crippen molar-refractivity contribution >= 4 is 16.3 Å². The van der Waals surface area contributed by atoms with Crippen molar-refractivity contribution in [2.45, 2.75) is 20.8 Å². The van der Waals surface area contributed by atoms with Crippen LogP contribution in [0.1, 0.15) is 23.6 Å². The first-order valence-electron chi connectivity index (χ1n) is 4.07. The molecule has 0 saturated carbocycles. The number of hydrogen-bond acceptors (Lipinski definition) is 0. The van der Waals surface area contributed by atoms with Gasteiger partial charge in [0.15, 0.2) is 0 Å². The van der Waals surface area contributed by atoms with Gasteiger partial charge < -0.3 is 0 Å². The zero-order chi connectivity index (χ0) is 9.14. The maximum absolute atomic E-state index is 3.48. The molecule has 0 spiro atoms. The van der Waals surface area contributed by atoms with Crippen molar-refractivity contribution in [3.63, 3.8) is 0 Å². The van der Waals surface area contributed by atoms with Gasteiger partial charge in [0.05, 0.1) is 10.2 Å². The molecule has 3 radical (unpaired) electrons. The van der Waals surface area contributed by atoms with Gasteiger partial charge in [-0.3, -0.25) is 0 Å². The van der Waals surface area contributed by atoms with Crippen LogP contribution in [0.2, 0.25) is 0 Å². The second-order valence-electron chi connectivity index (χ2n) is 3.12.